The van der Waals surface area contributed by atoms with Crippen molar-refractivity contribution in [2.45, 2.75) is 32.0 Å². The molecular weight excluding hydrogens is 593 g/mol. The Hall–Kier alpha value is -3.80. The van der Waals surface area contributed by atoms with Gasteiger partial charge in [-0.05, 0) is 31.5 Å². The molecule has 1 fully saturated rings. The van der Waals surface area contributed by atoms with Gasteiger partial charge in [0.15, 0.2) is 0 Å². The highest BCUT2D eigenvalue weighted by Crippen LogP contribution is 2.41. The number of benzene rings is 2. The number of hydrogen-bond acceptors (Lipinski definition) is 8. The summed E-state index contributed by atoms with van der Waals surface area (Å²) in [4.78, 5) is 30.2. The lowest BCUT2D eigenvalue weighted by Crippen LogP contribution is -2.46. The predicted octanol–water partition coefficient (Wildman–Crippen LogP) is 4.62. The lowest BCUT2D eigenvalue weighted by atomic mass is 10.00. The van der Waals surface area contributed by atoms with Gasteiger partial charge in [-0.1, -0.05) is 59.6 Å². The van der Waals surface area contributed by atoms with Crippen molar-refractivity contribution < 1.29 is 19.4 Å². The maximum absolute atomic E-state index is 13.0. The molecule has 0 radical (unpaired) electrons. The number of halogens is 2. The number of amides is 1. The molecule has 4 aromatic rings. The number of anilines is 1. The first-order valence-electron chi connectivity index (χ1n) is 13.6. The molecule has 0 aliphatic carbocycles. The first-order valence-corrected chi connectivity index (χ1v) is 14.4. The number of nitrogens with one attached hydrogen (secondary N) is 2. The van der Waals surface area contributed by atoms with Crippen LogP contribution in [-0.4, -0.2) is 58.2 Å². The first-order chi connectivity index (χ1) is 20.7. The molecule has 12 heteroatoms. The number of pyridine rings is 1. The number of carbonyl (C=O) groups is 1. The van der Waals surface area contributed by atoms with Crippen LogP contribution in [0.4, 0.5) is 5.69 Å². The van der Waals surface area contributed by atoms with Crippen LogP contribution in [0.3, 0.4) is 0 Å². The van der Waals surface area contributed by atoms with E-state index in [0.717, 1.165) is 10.2 Å². The molecule has 0 unspecified atom stereocenters. The third-order valence-electron chi connectivity index (χ3n) is 7.26. The Bertz CT molecular complexity index is 1730. The van der Waals surface area contributed by atoms with Gasteiger partial charge in [-0.2, -0.15) is 5.10 Å². The molecule has 0 saturated carbocycles. The third kappa shape index (κ3) is 6.58. The van der Waals surface area contributed by atoms with E-state index in [2.05, 4.69) is 15.7 Å². The van der Waals surface area contributed by atoms with Gasteiger partial charge in [0.25, 0.3) is 11.5 Å². The van der Waals surface area contributed by atoms with Crippen molar-refractivity contribution in [3.05, 3.63) is 91.8 Å². The fourth-order valence-corrected chi connectivity index (χ4v) is 5.61. The molecule has 1 aliphatic rings. The minimum atomic E-state index is -0.595. The van der Waals surface area contributed by atoms with Crippen LogP contribution < -0.4 is 20.9 Å². The zero-order valence-corrected chi connectivity index (χ0v) is 25.4. The number of aliphatic hydroxyl groups excluding tert-OH is 1. The topological polar surface area (TPSA) is 128 Å². The van der Waals surface area contributed by atoms with Crippen molar-refractivity contribution in [3.8, 4) is 28.3 Å². The molecule has 2 atom stereocenters. The van der Waals surface area contributed by atoms with Gasteiger partial charge in [-0.15, -0.1) is 0 Å². The van der Waals surface area contributed by atoms with Gasteiger partial charge in [-0.25, -0.2) is 9.67 Å². The average Bonchev–Trinajstić information content (AvgIpc) is 3.00. The number of nitrogens with zero attached hydrogens (tertiary/aromatic N) is 3. The molecule has 10 nitrogen and oxygen atoms in total. The van der Waals surface area contributed by atoms with Crippen molar-refractivity contribution in [1.82, 2.24) is 20.1 Å². The molecule has 3 heterocycles. The van der Waals surface area contributed by atoms with Crippen molar-refractivity contribution in [1.29, 1.82) is 0 Å². The van der Waals surface area contributed by atoms with Crippen LogP contribution >= 0.6 is 23.2 Å². The van der Waals surface area contributed by atoms with E-state index in [9.17, 15) is 14.7 Å². The highest BCUT2D eigenvalue weighted by molar-refractivity contribution is 6.39. The predicted molar refractivity (Wildman–Crippen MR) is 166 cm³/mol. The van der Waals surface area contributed by atoms with Gasteiger partial charge in [0.1, 0.15) is 5.56 Å². The van der Waals surface area contributed by atoms with Crippen LogP contribution in [0.2, 0.25) is 10.0 Å². The van der Waals surface area contributed by atoms with E-state index in [1.807, 2.05) is 30.3 Å². The minimum absolute atomic E-state index is 0.0425. The summed E-state index contributed by atoms with van der Waals surface area (Å²) in [5.74, 6) is -0.157. The number of aromatic nitrogens is 3. The molecular formula is C31H31Cl2N5O5. The Morgan fingerprint density at radius 3 is 2.58 bits per heavy atom. The molecule has 43 heavy (non-hydrogen) atoms. The van der Waals surface area contributed by atoms with Gasteiger partial charge in [0, 0.05) is 48.5 Å². The standard InChI is InChI=1S/C31H31Cl2N5O5/c1-17-14-22(31(41)38(2)37-17)29(40)35-25-9-5-7-20(28(25)33)19-6-4-8-21(27(19)32)23-11-10-18(30(36-23)42-3)15-34-24-12-13-43-16-26(24)39/h4-11,14,24,26,34,39H,12-13,15-16H2,1-3H3,(H,35,40)/t24-,26+/m1/s1. The summed E-state index contributed by atoms with van der Waals surface area (Å²) in [6, 6.07) is 15.9. The summed E-state index contributed by atoms with van der Waals surface area (Å²) in [6.07, 6.45) is 0.145. The largest absolute Gasteiger partial charge is 0.481 e. The second-order valence-electron chi connectivity index (χ2n) is 10.2. The Labute approximate surface area is 258 Å². The fourth-order valence-electron chi connectivity index (χ4n) is 5.02. The average molecular weight is 625 g/mol. The monoisotopic (exact) mass is 623 g/mol. The SMILES string of the molecule is COc1nc(-c2cccc(-c3cccc(NC(=O)c4cc(C)nn(C)c4=O)c3Cl)c2Cl)ccc1CN[C@@H]1CCOC[C@@H]1O. The molecule has 1 amide bonds. The van der Waals surface area contributed by atoms with E-state index in [1.54, 1.807) is 32.2 Å². The number of aryl methyl sites for hydroxylation is 2. The molecule has 5 rings (SSSR count). The zero-order chi connectivity index (χ0) is 30.7. The number of aliphatic hydroxyl groups is 1. The molecule has 2 aromatic heterocycles. The zero-order valence-electron chi connectivity index (χ0n) is 23.9. The summed E-state index contributed by atoms with van der Waals surface area (Å²) >= 11 is 13.7. The molecule has 224 valence electrons. The summed E-state index contributed by atoms with van der Waals surface area (Å²) in [6.45, 7) is 3.07. The highest BCUT2D eigenvalue weighted by atomic mass is 35.5. The van der Waals surface area contributed by atoms with E-state index >= 15 is 0 Å². The lowest BCUT2D eigenvalue weighted by Gasteiger charge is -2.28. The van der Waals surface area contributed by atoms with E-state index in [4.69, 9.17) is 37.7 Å². The molecule has 1 saturated heterocycles. The highest BCUT2D eigenvalue weighted by Gasteiger charge is 2.24. The molecule has 1 aliphatic heterocycles. The van der Waals surface area contributed by atoms with Crippen LogP contribution in [0.25, 0.3) is 22.4 Å². The van der Waals surface area contributed by atoms with Gasteiger partial charge in [0.2, 0.25) is 5.88 Å². The quantitative estimate of drug-likeness (QED) is 0.259. The van der Waals surface area contributed by atoms with Crippen molar-refractivity contribution in [2.75, 3.05) is 25.6 Å². The van der Waals surface area contributed by atoms with Crippen LogP contribution in [0, 0.1) is 6.92 Å². The van der Waals surface area contributed by atoms with E-state index in [1.165, 1.54) is 13.1 Å². The summed E-state index contributed by atoms with van der Waals surface area (Å²) in [7, 11) is 3.04. The van der Waals surface area contributed by atoms with Crippen LogP contribution in [-0.2, 0) is 18.3 Å². The molecule has 0 bridgehead atoms. The van der Waals surface area contributed by atoms with Crippen molar-refractivity contribution in [2.24, 2.45) is 7.05 Å². The Kier molecular flexibility index (Phi) is 9.43. The number of ether oxygens (including phenoxy) is 2. The third-order valence-corrected chi connectivity index (χ3v) is 8.07. The maximum Gasteiger partial charge on any atom is 0.279 e. The molecule has 2 aromatic carbocycles. The van der Waals surface area contributed by atoms with Crippen LogP contribution in [0.15, 0.2) is 59.4 Å². The van der Waals surface area contributed by atoms with Crippen LogP contribution in [0.1, 0.15) is 28.0 Å². The second-order valence-corrected chi connectivity index (χ2v) is 11.0. The smallest absolute Gasteiger partial charge is 0.279 e. The number of methoxy groups -OCH3 is 1. The first kappa shape index (κ1) is 30.7. The Morgan fingerprint density at radius 1 is 1.12 bits per heavy atom. The van der Waals surface area contributed by atoms with Gasteiger partial charge in [0.05, 0.1) is 46.9 Å². The van der Waals surface area contributed by atoms with E-state index in [-0.39, 0.29) is 16.6 Å². The fraction of sp³-hybridized carbons (Fsp3) is 0.290. The lowest BCUT2D eigenvalue weighted by molar-refractivity contribution is -0.0281. The Morgan fingerprint density at radius 2 is 1.84 bits per heavy atom. The summed E-state index contributed by atoms with van der Waals surface area (Å²) < 4.78 is 12.0. The number of carbonyl (C=O) groups excluding carboxylic acids is 1. The van der Waals surface area contributed by atoms with Gasteiger partial charge in [-0.3, -0.25) is 9.59 Å². The summed E-state index contributed by atoms with van der Waals surface area (Å²) in [5.41, 5.74) is 3.63. The second kappa shape index (κ2) is 13.2. The van der Waals surface area contributed by atoms with Crippen LogP contribution in [0.5, 0.6) is 5.88 Å². The molecule has 3 N–H and O–H groups in total. The maximum atomic E-state index is 13.0. The molecule has 0 spiro atoms. The minimum Gasteiger partial charge on any atom is -0.481 e. The van der Waals surface area contributed by atoms with Gasteiger partial charge >= 0.3 is 0 Å². The van der Waals surface area contributed by atoms with E-state index < -0.39 is 17.6 Å². The van der Waals surface area contributed by atoms with Crippen molar-refractivity contribution >= 4 is 34.8 Å². The number of hydrogen-bond donors (Lipinski definition) is 3. The normalized spacial score (nSPS) is 16.6. The van der Waals surface area contributed by atoms with Gasteiger partial charge < -0.3 is 25.2 Å². The van der Waals surface area contributed by atoms with Crippen molar-refractivity contribution in [3.63, 3.8) is 0 Å². The van der Waals surface area contributed by atoms with E-state index in [0.29, 0.717) is 70.8 Å². The Balaban J connectivity index is 1.41. The summed E-state index contributed by atoms with van der Waals surface area (Å²) in [5, 5.41) is 21.0. The number of rotatable bonds is 8.